The van der Waals surface area contributed by atoms with Crippen LogP contribution in [-0.4, -0.2) is 45.2 Å². The molecule has 0 aromatic heterocycles. The summed E-state index contributed by atoms with van der Waals surface area (Å²) < 4.78 is 10.8. The zero-order chi connectivity index (χ0) is 20.1. The minimum Gasteiger partial charge on any atom is -0.497 e. The molecule has 2 aromatic carbocycles. The molecule has 0 fully saturated rings. The van der Waals surface area contributed by atoms with Crippen LogP contribution in [0.25, 0.3) is 0 Å². The number of benzene rings is 2. The first-order chi connectivity index (χ1) is 13.5. The summed E-state index contributed by atoms with van der Waals surface area (Å²) in [6.07, 6.45) is -0.917. The van der Waals surface area contributed by atoms with E-state index in [0.717, 1.165) is 21.9 Å². The molecule has 7 heteroatoms. The first kappa shape index (κ1) is 20.2. The van der Waals surface area contributed by atoms with Gasteiger partial charge in [0.05, 0.1) is 18.0 Å². The predicted molar refractivity (Wildman–Crippen MR) is 110 cm³/mol. The summed E-state index contributed by atoms with van der Waals surface area (Å²) in [5.41, 5.74) is 1.73. The fourth-order valence-electron chi connectivity index (χ4n) is 3.16. The first-order valence-corrected chi connectivity index (χ1v) is 9.96. The van der Waals surface area contributed by atoms with Crippen LogP contribution in [0.3, 0.4) is 0 Å². The fraction of sp³-hybridized carbons (Fsp3) is 0.333. The zero-order valence-corrected chi connectivity index (χ0v) is 17.0. The highest BCUT2D eigenvalue weighted by Crippen LogP contribution is 2.46. The van der Waals surface area contributed by atoms with Gasteiger partial charge < -0.3 is 19.7 Å². The molecule has 2 atom stereocenters. The predicted octanol–water partition coefficient (Wildman–Crippen LogP) is 3.03. The van der Waals surface area contributed by atoms with Crippen molar-refractivity contribution in [1.82, 2.24) is 5.32 Å². The van der Waals surface area contributed by atoms with Crippen molar-refractivity contribution < 1.29 is 19.1 Å². The van der Waals surface area contributed by atoms with Gasteiger partial charge in [-0.15, -0.1) is 11.8 Å². The van der Waals surface area contributed by atoms with Crippen molar-refractivity contribution in [1.29, 1.82) is 0 Å². The number of amides is 1. The lowest BCUT2D eigenvalue weighted by Gasteiger charge is -2.27. The summed E-state index contributed by atoms with van der Waals surface area (Å²) in [5.74, 6) is 0.0366. The number of carbonyl (C=O) groups excluding carboxylic acids is 2. The van der Waals surface area contributed by atoms with E-state index in [9.17, 15) is 9.59 Å². The molecule has 2 aromatic rings. The number of hydrogen-bond donors (Lipinski definition) is 1. The number of anilines is 1. The second-order valence-electron chi connectivity index (χ2n) is 6.40. The third-order valence-electron chi connectivity index (χ3n) is 4.52. The van der Waals surface area contributed by atoms with Crippen LogP contribution < -0.4 is 15.0 Å². The summed E-state index contributed by atoms with van der Waals surface area (Å²) in [5, 5.41) is 2.72. The van der Waals surface area contributed by atoms with E-state index in [2.05, 4.69) is 5.32 Å². The number of likely N-dealkylation sites (N-methyl/N-ethyl adjacent to an activating group) is 1. The number of nitrogens with one attached hydrogen (secondary N) is 1. The molecule has 1 heterocycles. The van der Waals surface area contributed by atoms with Crippen molar-refractivity contribution in [3.05, 3.63) is 54.1 Å². The third kappa shape index (κ3) is 4.31. The maximum absolute atomic E-state index is 13.4. The number of rotatable bonds is 6. The smallest absolute Gasteiger partial charge is 0.303 e. The van der Waals surface area contributed by atoms with Gasteiger partial charge in [0.1, 0.15) is 5.75 Å². The van der Waals surface area contributed by atoms with Crippen molar-refractivity contribution in [3.8, 4) is 5.75 Å². The van der Waals surface area contributed by atoms with E-state index < -0.39 is 12.1 Å². The summed E-state index contributed by atoms with van der Waals surface area (Å²) in [7, 11) is 3.45. The minimum absolute atomic E-state index is 0.219. The van der Waals surface area contributed by atoms with E-state index >= 15 is 0 Å². The Labute approximate surface area is 169 Å². The number of ether oxygens (including phenoxy) is 2. The molecule has 3 rings (SSSR count). The number of esters is 1. The van der Waals surface area contributed by atoms with Gasteiger partial charge in [-0.2, -0.15) is 0 Å². The SMILES string of the molecule is CNCCN1C(=O)C(OC(C)=O)C(c2ccc(OC)cc2)Sc2ccccc21. The van der Waals surface area contributed by atoms with Gasteiger partial charge in [0, 0.05) is 24.9 Å². The van der Waals surface area contributed by atoms with Crippen LogP contribution in [0.2, 0.25) is 0 Å². The molecule has 1 amide bonds. The Bertz CT molecular complexity index is 841. The fourth-order valence-corrected chi connectivity index (χ4v) is 4.48. The summed E-state index contributed by atoms with van der Waals surface area (Å²) in [6.45, 7) is 2.45. The lowest BCUT2D eigenvalue weighted by molar-refractivity contribution is -0.152. The van der Waals surface area contributed by atoms with E-state index in [1.807, 2.05) is 55.6 Å². The van der Waals surface area contributed by atoms with E-state index in [1.54, 1.807) is 12.0 Å². The Morgan fingerprint density at radius 2 is 1.89 bits per heavy atom. The monoisotopic (exact) mass is 400 g/mol. The first-order valence-electron chi connectivity index (χ1n) is 9.08. The molecule has 6 nitrogen and oxygen atoms in total. The Morgan fingerprint density at radius 1 is 1.18 bits per heavy atom. The maximum atomic E-state index is 13.4. The highest BCUT2D eigenvalue weighted by atomic mass is 32.2. The topological polar surface area (TPSA) is 67.9 Å². The quantitative estimate of drug-likeness (QED) is 0.752. The van der Waals surface area contributed by atoms with Crippen LogP contribution in [-0.2, 0) is 14.3 Å². The van der Waals surface area contributed by atoms with Gasteiger partial charge in [0.15, 0.2) is 6.10 Å². The Kier molecular flexibility index (Phi) is 6.59. The number of nitrogens with zero attached hydrogens (tertiary/aromatic N) is 1. The van der Waals surface area contributed by atoms with E-state index in [4.69, 9.17) is 9.47 Å². The molecule has 1 aliphatic heterocycles. The van der Waals surface area contributed by atoms with Crippen molar-refractivity contribution in [2.24, 2.45) is 0 Å². The molecule has 0 bridgehead atoms. The lowest BCUT2D eigenvalue weighted by Crippen LogP contribution is -2.45. The van der Waals surface area contributed by atoms with Gasteiger partial charge >= 0.3 is 5.97 Å². The molecule has 28 heavy (non-hydrogen) atoms. The standard InChI is InChI=1S/C21H24N2O4S/c1-14(24)27-19-20(15-8-10-16(26-3)11-9-15)28-18-7-5-4-6-17(18)23(21(19)25)13-12-22-2/h4-11,19-20,22H,12-13H2,1-3H3. The Hall–Kier alpha value is -2.51. The van der Waals surface area contributed by atoms with E-state index in [0.29, 0.717) is 13.1 Å². The minimum atomic E-state index is -0.917. The maximum Gasteiger partial charge on any atom is 0.303 e. The molecule has 0 radical (unpaired) electrons. The number of thioether (sulfide) groups is 1. The van der Waals surface area contributed by atoms with Crippen LogP contribution in [0, 0.1) is 0 Å². The average Bonchev–Trinajstić information content (AvgIpc) is 2.81. The van der Waals surface area contributed by atoms with Gasteiger partial charge in [-0.25, -0.2) is 0 Å². The van der Waals surface area contributed by atoms with Crippen molar-refractivity contribution in [2.75, 3.05) is 32.1 Å². The highest BCUT2D eigenvalue weighted by Gasteiger charge is 2.40. The zero-order valence-electron chi connectivity index (χ0n) is 16.2. The number of para-hydroxylation sites is 1. The molecule has 0 spiro atoms. The molecule has 1 aliphatic rings. The van der Waals surface area contributed by atoms with Crippen molar-refractivity contribution in [2.45, 2.75) is 23.2 Å². The average molecular weight is 401 g/mol. The number of hydrogen-bond acceptors (Lipinski definition) is 6. The second kappa shape index (κ2) is 9.12. The van der Waals surface area contributed by atoms with E-state index in [-0.39, 0.29) is 11.2 Å². The molecule has 0 saturated carbocycles. The van der Waals surface area contributed by atoms with Gasteiger partial charge in [-0.1, -0.05) is 24.3 Å². The molecule has 0 saturated heterocycles. The van der Waals surface area contributed by atoms with Gasteiger partial charge in [-0.05, 0) is 36.9 Å². The van der Waals surface area contributed by atoms with Gasteiger partial charge in [0.25, 0.3) is 5.91 Å². The van der Waals surface area contributed by atoms with Crippen LogP contribution in [0.5, 0.6) is 5.75 Å². The van der Waals surface area contributed by atoms with Crippen LogP contribution >= 0.6 is 11.8 Å². The van der Waals surface area contributed by atoms with Gasteiger partial charge in [0.2, 0.25) is 0 Å². The Morgan fingerprint density at radius 3 is 2.54 bits per heavy atom. The van der Waals surface area contributed by atoms with Crippen molar-refractivity contribution in [3.63, 3.8) is 0 Å². The van der Waals surface area contributed by atoms with Crippen LogP contribution in [0.1, 0.15) is 17.7 Å². The number of methoxy groups -OCH3 is 1. The van der Waals surface area contributed by atoms with Crippen LogP contribution in [0.15, 0.2) is 53.4 Å². The van der Waals surface area contributed by atoms with Gasteiger partial charge in [-0.3, -0.25) is 9.59 Å². The number of fused-ring (bicyclic) bond motifs is 1. The molecular weight excluding hydrogens is 376 g/mol. The second-order valence-corrected chi connectivity index (χ2v) is 7.59. The Balaban J connectivity index is 2.07. The molecule has 0 aliphatic carbocycles. The molecule has 148 valence electrons. The summed E-state index contributed by atoms with van der Waals surface area (Å²) >= 11 is 1.53. The normalized spacial score (nSPS) is 19.0. The molecule has 1 N–H and O–H groups in total. The lowest BCUT2D eigenvalue weighted by atomic mass is 10.1. The highest BCUT2D eigenvalue weighted by molar-refractivity contribution is 7.99. The largest absolute Gasteiger partial charge is 0.497 e. The van der Waals surface area contributed by atoms with Crippen LogP contribution in [0.4, 0.5) is 5.69 Å². The molecule has 2 unspecified atom stereocenters. The van der Waals surface area contributed by atoms with Crippen molar-refractivity contribution >= 4 is 29.3 Å². The number of carbonyl (C=O) groups is 2. The summed E-state index contributed by atoms with van der Waals surface area (Å²) in [6, 6.07) is 15.3. The third-order valence-corrected chi connectivity index (χ3v) is 5.89. The molecular formula is C21H24N2O4S. The summed E-state index contributed by atoms with van der Waals surface area (Å²) in [4.78, 5) is 27.9. The van der Waals surface area contributed by atoms with E-state index in [1.165, 1.54) is 18.7 Å².